The molecule has 1 saturated heterocycles. The van der Waals surface area contributed by atoms with Gasteiger partial charge in [0.25, 0.3) is 5.91 Å². The number of likely N-dealkylation sites (tertiary alicyclic amines) is 1. The number of rotatable bonds is 6. The average Bonchev–Trinajstić information content (AvgIpc) is 3.00. The Kier molecular flexibility index (Phi) is 5.27. The minimum atomic E-state index is -0.888. The third kappa shape index (κ3) is 3.58. The molecule has 26 heavy (non-hydrogen) atoms. The monoisotopic (exact) mass is 359 g/mol. The highest BCUT2D eigenvalue weighted by atomic mass is 16.5. The number of hydrogen-bond donors (Lipinski definition) is 2. The number of aromatic amines is 1. The van der Waals surface area contributed by atoms with Gasteiger partial charge in [-0.25, -0.2) is 4.98 Å². The van der Waals surface area contributed by atoms with E-state index in [4.69, 9.17) is 4.74 Å². The Hall–Kier alpha value is -2.41. The van der Waals surface area contributed by atoms with Crippen LogP contribution in [0.3, 0.4) is 0 Å². The number of carboxylic acid groups (broad SMARTS) is 1. The Labute approximate surface area is 152 Å². The summed E-state index contributed by atoms with van der Waals surface area (Å²) in [7, 11) is 1.61. The van der Waals surface area contributed by atoms with Crippen molar-refractivity contribution in [3.05, 3.63) is 29.6 Å². The van der Waals surface area contributed by atoms with Crippen LogP contribution in [-0.4, -0.2) is 58.7 Å². The van der Waals surface area contributed by atoms with Crippen molar-refractivity contribution in [3.8, 4) is 0 Å². The number of piperidine rings is 1. The second kappa shape index (κ2) is 7.45. The lowest BCUT2D eigenvalue weighted by atomic mass is 9.76. The molecule has 1 aliphatic rings. The Balaban J connectivity index is 1.80. The first-order valence-corrected chi connectivity index (χ1v) is 8.93. The van der Waals surface area contributed by atoms with Crippen molar-refractivity contribution in [2.24, 2.45) is 5.41 Å². The van der Waals surface area contributed by atoms with E-state index in [0.29, 0.717) is 44.4 Å². The van der Waals surface area contributed by atoms with E-state index in [1.807, 2.05) is 13.0 Å². The van der Waals surface area contributed by atoms with Crippen molar-refractivity contribution in [3.63, 3.8) is 0 Å². The fourth-order valence-electron chi connectivity index (χ4n) is 3.80. The quantitative estimate of drug-likeness (QED) is 0.773. The zero-order valence-corrected chi connectivity index (χ0v) is 15.2. The summed E-state index contributed by atoms with van der Waals surface area (Å²) in [5, 5.41) is 9.81. The number of hydrogen-bond acceptors (Lipinski definition) is 4. The molecule has 1 fully saturated rings. The smallest absolute Gasteiger partial charge is 0.311 e. The van der Waals surface area contributed by atoms with Crippen LogP contribution in [0.2, 0.25) is 0 Å². The van der Waals surface area contributed by atoms with Crippen LogP contribution < -0.4 is 0 Å². The summed E-state index contributed by atoms with van der Waals surface area (Å²) < 4.78 is 5.06. The molecule has 2 heterocycles. The average molecular weight is 359 g/mol. The fraction of sp³-hybridized carbons (Fsp3) is 0.526. The number of carboxylic acids is 1. The summed E-state index contributed by atoms with van der Waals surface area (Å²) >= 11 is 0. The highest BCUT2D eigenvalue weighted by molar-refractivity contribution is 5.97. The van der Waals surface area contributed by atoms with Crippen LogP contribution in [0.5, 0.6) is 0 Å². The number of aromatic nitrogens is 2. The van der Waals surface area contributed by atoms with Crippen LogP contribution in [-0.2, 0) is 9.53 Å². The molecule has 1 aliphatic heterocycles. The molecule has 2 N–H and O–H groups in total. The van der Waals surface area contributed by atoms with Crippen molar-refractivity contribution >= 4 is 22.9 Å². The normalized spacial score (nSPS) is 20.5. The summed E-state index contributed by atoms with van der Waals surface area (Å²) in [4.78, 5) is 34.1. The third-order valence-corrected chi connectivity index (χ3v) is 5.17. The first-order valence-electron chi connectivity index (χ1n) is 8.93. The van der Waals surface area contributed by atoms with Crippen LogP contribution in [0, 0.1) is 12.3 Å². The van der Waals surface area contributed by atoms with Gasteiger partial charge in [-0.05, 0) is 50.8 Å². The van der Waals surface area contributed by atoms with Gasteiger partial charge in [0.1, 0.15) is 5.82 Å². The Morgan fingerprint density at radius 2 is 2.23 bits per heavy atom. The van der Waals surface area contributed by atoms with Gasteiger partial charge in [0.05, 0.1) is 16.4 Å². The summed E-state index contributed by atoms with van der Waals surface area (Å²) in [6.45, 7) is 3.22. The van der Waals surface area contributed by atoms with Crippen LogP contribution in [0.15, 0.2) is 18.2 Å². The van der Waals surface area contributed by atoms with Gasteiger partial charge in [-0.15, -0.1) is 0 Å². The summed E-state index contributed by atoms with van der Waals surface area (Å²) in [5.41, 5.74) is 1.30. The molecule has 0 aliphatic carbocycles. The van der Waals surface area contributed by atoms with Gasteiger partial charge < -0.3 is 19.7 Å². The number of carbonyl (C=O) groups is 2. The van der Waals surface area contributed by atoms with E-state index in [-0.39, 0.29) is 12.5 Å². The second-order valence-corrected chi connectivity index (χ2v) is 7.07. The number of aliphatic carboxylic acids is 1. The Morgan fingerprint density at radius 1 is 1.42 bits per heavy atom. The number of methoxy groups -OCH3 is 1. The number of nitrogens with one attached hydrogen (secondary N) is 1. The van der Waals surface area contributed by atoms with Crippen molar-refractivity contribution in [1.82, 2.24) is 14.9 Å². The zero-order valence-electron chi connectivity index (χ0n) is 15.2. The van der Waals surface area contributed by atoms with Gasteiger partial charge in [0.2, 0.25) is 0 Å². The van der Waals surface area contributed by atoms with Crippen LogP contribution in [0.4, 0.5) is 0 Å². The van der Waals surface area contributed by atoms with Crippen LogP contribution in [0.25, 0.3) is 11.0 Å². The molecule has 1 aromatic carbocycles. The summed E-state index contributed by atoms with van der Waals surface area (Å²) in [6, 6.07) is 5.37. The Bertz CT molecular complexity index is 816. The van der Waals surface area contributed by atoms with Crippen molar-refractivity contribution in [2.75, 3.05) is 26.8 Å². The van der Waals surface area contributed by atoms with Crippen molar-refractivity contribution in [2.45, 2.75) is 32.6 Å². The SMILES string of the molecule is COCCC[C@]1(C(=O)O)CCCN(C(=O)c2ccc3nc(C)[nH]c3c2)C1. The molecule has 7 nitrogen and oxygen atoms in total. The third-order valence-electron chi connectivity index (χ3n) is 5.17. The van der Waals surface area contributed by atoms with Crippen molar-refractivity contribution in [1.29, 1.82) is 0 Å². The van der Waals surface area contributed by atoms with Gasteiger partial charge >= 0.3 is 5.97 Å². The molecule has 1 amide bonds. The van der Waals surface area contributed by atoms with Crippen LogP contribution in [0.1, 0.15) is 41.9 Å². The standard InChI is InChI=1S/C19H25N3O4/c1-13-20-15-6-5-14(11-16(15)21-13)17(23)22-9-3-7-19(12-22,18(24)25)8-4-10-26-2/h5-6,11H,3-4,7-10,12H2,1-2H3,(H,20,21)(H,24,25)/t19-/m1/s1. The number of aryl methyl sites for hydroxylation is 1. The maximum atomic E-state index is 13.0. The highest BCUT2D eigenvalue weighted by Crippen LogP contribution is 2.35. The molecular formula is C19H25N3O4. The number of imidazole rings is 1. The number of nitrogens with zero attached hydrogens (tertiary/aromatic N) is 2. The highest BCUT2D eigenvalue weighted by Gasteiger charge is 2.43. The van der Waals surface area contributed by atoms with Gasteiger partial charge in [0.15, 0.2) is 0 Å². The fourth-order valence-corrected chi connectivity index (χ4v) is 3.80. The van der Waals surface area contributed by atoms with Gasteiger partial charge in [0, 0.05) is 32.4 Å². The molecule has 1 aromatic heterocycles. The van der Waals surface area contributed by atoms with Crippen LogP contribution >= 0.6 is 0 Å². The molecule has 0 saturated carbocycles. The van der Waals surface area contributed by atoms with Gasteiger partial charge in [-0.3, -0.25) is 9.59 Å². The topological polar surface area (TPSA) is 95.5 Å². The van der Waals surface area contributed by atoms with E-state index < -0.39 is 11.4 Å². The van der Waals surface area contributed by atoms with E-state index in [0.717, 1.165) is 16.9 Å². The number of benzene rings is 1. The molecule has 2 aromatic rings. The van der Waals surface area contributed by atoms with E-state index in [1.165, 1.54) is 0 Å². The summed E-state index contributed by atoms with van der Waals surface area (Å²) in [6.07, 6.45) is 2.47. The van der Waals surface area contributed by atoms with E-state index >= 15 is 0 Å². The predicted octanol–water partition coefficient (Wildman–Crippen LogP) is 2.60. The Morgan fingerprint density at radius 3 is 2.96 bits per heavy atom. The molecule has 7 heteroatoms. The minimum absolute atomic E-state index is 0.129. The lowest BCUT2D eigenvalue weighted by molar-refractivity contribution is -0.152. The van der Waals surface area contributed by atoms with E-state index in [1.54, 1.807) is 24.1 Å². The molecule has 0 spiro atoms. The first kappa shape index (κ1) is 18.4. The zero-order chi connectivity index (χ0) is 18.7. The maximum Gasteiger partial charge on any atom is 0.311 e. The molecule has 0 bridgehead atoms. The lowest BCUT2D eigenvalue weighted by Gasteiger charge is -2.40. The lowest BCUT2D eigenvalue weighted by Crippen LogP contribution is -2.50. The second-order valence-electron chi connectivity index (χ2n) is 7.07. The number of amides is 1. The summed E-state index contributed by atoms with van der Waals surface area (Å²) in [5.74, 6) is -0.160. The molecule has 0 unspecified atom stereocenters. The number of H-pyrrole nitrogens is 1. The van der Waals surface area contributed by atoms with E-state index in [2.05, 4.69) is 9.97 Å². The maximum absolute atomic E-state index is 13.0. The number of carbonyl (C=O) groups excluding carboxylic acids is 1. The molecule has 140 valence electrons. The van der Waals surface area contributed by atoms with Crippen molar-refractivity contribution < 1.29 is 19.4 Å². The van der Waals surface area contributed by atoms with E-state index in [9.17, 15) is 14.7 Å². The number of fused-ring (bicyclic) bond motifs is 1. The van der Waals surface area contributed by atoms with Gasteiger partial charge in [-0.2, -0.15) is 0 Å². The molecule has 0 radical (unpaired) electrons. The molecular weight excluding hydrogens is 334 g/mol. The molecule has 1 atom stereocenters. The molecule has 3 rings (SSSR count). The largest absolute Gasteiger partial charge is 0.481 e. The predicted molar refractivity (Wildman–Crippen MR) is 97.1 cm³/mol. The van der Waals surface area contributed by atoms with Gasteiger partial charge in [-0.1, -0.05) is 0 Å². The first-order chi connectivity index (χ1) is 12.4. The number of ether oxygens (including phenoxy) is 1. The minimum Gasteiger partial charge on any atom is -0.481 e.